The molecule has 0 aliphatic carbocycles. The summed E-state index contributed by atoms with van der Waals surface area (Å²) < 4.78 is 2.30. The second-order valence-corrected chi connectivity index (χ2v) is 6.00. The highest BCUT2D eigenvalue weighted by Gasteiger charge is 2.24. The number of nitrogens with zero attached hydrogens (tertiary/aromatic N) is 3. The van der Waals surface area contributed by atoms with Gasteiger partial charge in [-0.25, -0.2) is 9.78 Å². The lowest BCUT2D eigenvalue weighted by Crippen LogP contribution is -2.36. The van der Waals surface area contributed by atoms with Crippen molar-refractivity contribution < 1.29 is 9.90 Å². The fraction of sp³-hybridized carbons (Fsp3) is 0.538. The first kappa shape index (κ1) is 15.0. The largest absolute Gasteiger partial charge is 0.481 e. The summed E-state index contributed by atoms with van der Waals surface area (Å²) in [4.78, 5) is 41.9. The van der Waals surface area contributed by atoms with Crippen LogP contribution in [0.3, 0.4) is 0 Å². The van der Waals surface area contributed by atoms with E-state index >= 15 is 0 Å². The van der Waals surface area contributed by atoms with E-state index in [9.17, 15) is 14.4 Å². The Morgan fingerprint density at radius 1 is 1.29 bits per heavy atom. The van der Waals surface area contributed by atoms with Gasteiger partial charge in [0.1, 0.15) is 11.3 Å². The number of fused-ring (bicyclic) bond motifs is 1. The monoisotopic (exact) mass is 294 g/mol. The van der Waals surface area contributed by atoms with Crippen LogP contribution in [-0.4, -0.2) is 30.2 Å². The third-order valence-electron chi connectivity index (χ3n) is 3.42. The van der Waals surface area contributed by atoms with Gasteiger partial charge in [-0.2, -0.15) is 0 Å². The van der Waals surface area contributed by atoms with Gasteiger partial charge in [0, 0.05) is 20.5 Å². The molecule has 8 nitrogen and oxygen atoms in total. The maximum Gasteiger partial charge on any atom is 0.332 e. The molecule has 0 amide bonds. The normalized spacial score (nSPS) is 12.0. The number of aromatic amines is 1. The van der Waals surface area contributed by atoms with E-state index < -0.39 is 22.6 Å². The zero-order valence-electron chi connectivity index (χ0n) is 12.4. The number of aromatic nitrogens is 4. The van der Waals surface area contributed by atoms with Gasteiger partial charge in [-0.3, -0.25) is 18.7 Å². The second kappa shape index (κ2) is 4.87. The number of hydrogen-bond acceptors (Lipinski definition) is 4. The van der Waals surface area contributed by atoms with Crippen LogP contribution in [-0.2, 0) is 25.3 Å². The van der Waals surface area contributed by atoms with Gasteiger partial charge < -0.3 is 10.1 Å². The first-order valence-corrected chi connectivity index (χ1v) is 6.49. The number of carbonyl (C=O) groups is 1. The van der Waals surface area contributed by atoms with Gasteiger partial charge in [0.25, 0.3) is 5.56 Å². The maximum absolute atomic E-state index is 12.0. The fourth-order valence-electron chi connectivity index (χ4n) is 2.38. The van der Waals surface area contributed by atoms with Gasteiger partial charge in [-0.05, 0) is 5.41 Å². The molecule has 21 heavy (non-hydrogen) atoms. The third kappa shape index (κ3) is 2.74. The molecule has 0 unspecified atom stereocenters. The van der Waals surface area contributed by atoms with Gasteiger partial charge in [-0.1, -0.05) is 13.8 Å². The Bertz CT molecular complexity index is 825. The van der Waals surface area contributed by atoms with Crippen LogP contribution >= 0.6 is 0 Å². The molecule has 0 spiro atoms. The number of rotatable bonds is 4. The van der Waals surface area contributed by atoms with Crippen LogP contribution in [0.15, 0.2) is 9.59 Å². The van der Waals surface area contributed by atoms with Crippen molar-refractivity contribution in [3.05, 3.63) is 26.7 Å². The molecule has 114 valence electrons. The first-order chi connectivity index (χ1) is 9.62. The standard InChI is InChI=1S/C13H18N4O4/c1-13(2,6-8(18)19)5-7-14-9-10(15-7)16(3)12(21)17(4)11(9)20/h5-6H2,1-4H3,(H,14,15)(H,18,19). The average molecular weight is 294 g/mol. The quantitative estimate of drug-likeness (QED) is 0.825. The molecule has 0 fully saturated rings. The van der Waals surface area contributed by atoms with Crippen molar-refractivity contribution in [3.8, 4) is 0 Å². The predicted octanol–water partition coefficient (Wildman–Crippen LogP) is 0.00370. The highest BCUT2D eigenvalue weighted by molar-refractivity contribution is 5.70. The zero-order chi connectivity index (χ0) is 15.9. The minimum atomic E-state index is -0.889. The Balaban J connectivity index is 2.52. The van der Waals surface area contributed by atoms with Crippen LogP contribution in [0.4, 0.5) is 0 Å². The lowest BCUT2D eigenvalue weighted by atomic mass is 9.85. The molecular weight excluding hydrogens is 276 g/mol. The summed E-state index contributed by atoms with van der Waals surface area (Å²) in [5, 5.41) is 8.90. The zero-order valence-corrected chi connectivity index (χ0v) is 12.4. The van der Waals surface area contributed by atoms with E-state index in [1.165, 1.54) is 18.7 Å². The smallest absolute Gasteiger partial charge is 0.332 e. The Morgan fingerprint density at radius 3 is 2.48 bits per heavy atom. The molecule has 2 aromatic heterocycles. The molecule has 2 N–H and O–H groups in total. The first-order valence-electron chi connectivity index (χ1n) is 6.49. The maximum atomic E-state index is 12.0. The van der Waals surface area contributed by atoms with Crippen LogP contribution in [0.1, 0.15) is 26.1 Å². The van der Waals surface area contributed by atoms with E-state index in [0.717, 1.165) is 4.57 Å². The second-order valence-electron chi connectivity index (χ2n) is 6.00. The summed E-state index contributed by atoms with van der Waals surface area (Å²) >= 11 is 0. The number of carboxylic acids is 1. The molecule has 0 aromatic carbocycles. The number of nitrogens with one attached hydrogen (secondary N) is 1. The summed E-state index contributed by atoms with van der Waals surface area (Å²) in [6, 6.07) is 0. The molecule has 0 aliphatic rings. The average Bonchev–Trinajstić information content (AvgIpc) is 2.75. The van der Waals surface area contributed by atoms with E-state index in [0.29, 0.717) is 12.2 Å². The lowest BCUT2D eigenvalue weighted by Gasteiger charge is -2.20. The van der Waals surface area contributed by atoms with Gasteiger partial charge in [-0.15, -0.1) is 0 Å². The van der Waals surface area contributed by atoms with Crippen molar-refractivity contribution in [1.82, 2.24) is 19.1 Å². The topological polar surface area (TPSA) is 110 Å². The molecule has 0 radical (unpaired) electrons. The molecule has 0 saturated carbocycles. The van der Waals surface area contributed by atoms with Crippen molar-refractivity contribution in [3.63, 3.8) is 0 Å². The summed E-state index contributed by atoms with van der Waals surface area (Å²) in [7, 11) is 2.94. The van der Waals surface area contributed by atoms with Crippen LogP contribution in [0.25, 0.3) is 11.2 Å². The minimum absolute atomic E-state index is 0.0129. The molecule has 0 bridgehead atoms. The lowest BCUT2D eigenvalue weighted by molar-refractivity contribution is -0.139. The predicted molar refractivity (Wildman–Crippen MR) is 76.3 cm³/mol. The Morgan fingerprint density at radius 2 is 1.90 bits per heavy atom. The minimum Gasteiger partial charge on any atom is -0.481 e. The molecule has 0 aliphatic heterocycles. The Labute approximate surface area is 120 Å². The number of H-pyrrole nitrogens is 1. The third-order valence-corrected chi connectivity index (χ3v) is 3.42. The molecule has 0 saturated heterocycles. The van der Waals surface area contributed by atoms with E-state index in [-0.39, 0.29) is 17.6 Å². The van der Waals surface area contributed by atoms with Crippen LogP contribution in [0.5, 0.6) is 0 Å². The van der Waals surface area contributed by atoms with E-state index in [4.69, 9.17) is 5.11 Å². The van der Waals surface area contributed by atoms with Crippen LogP contribution < -0.4 is 11.2 Å². The van der Waals surface area contributed by atoms with Crippen molar-refractivity contribution >= 4 is 17.1 Å². The number of carboxylic acid groups (broad SMARTS) is 1. The molecule has 2 heterocycles. The molecule has 0 atom stereocenters. The number of imidazole rings is 1. The number of aryl methyl sites for hydroxylation is 1. The van der Waals surface area contributed by atoms with Crippen molar-refractivity contribution in [2.45, 2.75) is 26.7 Å². The van der Waals surface area contributed by atoms with Gasteiger partial charge in [0.15, 0.2) is 5.65 Å². The number of hydrogen-bond donors (Lipinski definition) is 2. The van der Waals surface area contributed by atoms with Gasteiger partial charge >= 0.3 is 11.7 Å². The SMILES string of the molecule is Cn1c(=O)c2[nH]c(CC(C)(C)CC(=O)O)nc2n(C)c1=O. The van der Waals surface area contributed by atoms with Gasteiger partial charge in [0.2, 0.25) is 0 Å². The van der Waals surface area contributed by atoms with E-state index in [2.05, 4.69) is 9.97 Å². The summed E-state index contributed by atoms with van der Waals surface area (Å²) in [5.74, 6) is -0.394. The van der Waals surface area contributed by atoms with E-state index in [1.807, 2.05) is 13.8 Å². The summed E-state index contributed by atoms with van der Waals surface area (Å²) in [5.41, 5.74) is -0.868. The molecular formula is C13H18N4O4. The summed E-state index contributed by atoms with van der Waals surface area (Å²) in [6.07, 6.45) is 0.353. The van der Waals surface area contributed by atoms with E-state index in [1.54, 1.807) is 0 Å². The van der Waals surface area contributed by atoms with Crippen LogP contribution in [0, 0.1) is 5.41 Å². The van der Waals surface area contributed by atoms with Crippen molar-refractivity contribution in [2.75, 3.05) is 0 Å². The number of aliphatic carboxylic acids is 1. The molecule has 2 rings (SSSR count). The highest BCUT2D eigenvalue weighted by atomic mass is 16.4. The fourth-order valence-corrected chi connectivity index (χ4v) is 2.38. The molecule has 2 aromatic rings. The van der Waals surface area contributed by atoms with Crippen molar-refractivity contribution in [1.29, 1.82) is 0 Å². The van der Waals surface area contributed by atoms with Crippen molar-refractivity contribution in [2.24, 2.45) is 19.5 Å². The highest BCUT2D eigenvalue weighted by Crippen LogP contribution is 2.25. The summed E-state index contributed by atoms with van der Waals surface area (Å²) in [6.45, 7) is 3.62. The van der Waals surface area contributed by atoms with Gasteiger partial charge in [0.05, 0.1) is 6.42 Å². The molecule has 8 heteroatoms. The Hall–Kier alpha value is -2.38. The van der Waals surface area contributed by atoms with Crippen LogP contribution in [0.2, 0.25) is 0 Å². The Kier molecular flexibility index (Phi) is 3.48.